The minimum atomic E-state index is -3.51. The Kier molecular flexibility index (Phi) is 7.28. The molecule has 156 valence electrons. The smallest absolute Gasteiger partial charge is 0.246 e. The molecule has 1 aliphatic rings. The predicted molar refractivity (Wildman–Crippen MR) is 117 cm³/mol. The van der Waals surface area contributed by atoms with Gasteiger partial charge in [-0.1, -0.05) is 37.1 Å². The molecule has 0 saturated carbocycles. The van der Waals surface area contributed by atoms with Crippen LogP contribution in [0.3, 0.4) is 0 Å². The fourth-order valence-corrected chi connectivity index (χ4v) is 5.15. The Morgan fingerprint density at radius 3 is 2.34 bits per heavy atom. The molecule has 0 bridgehead atoms. The number of carbonyl (C=O) groups is 1. The van der Waals surface area contributed by atoms with Crippen molar-refractivity contribution in [1.29, 1.82) is 0 Å². The second kappa shape index (κ2) is 9.89. The van der Waals surface area contributed by atoms with Gasteiger partial charge < -0.3 is 10.2 Å². The Hall–Kier alpha value is -2.38. The van der Waals surface area contributed by atoms with E-state index < -0.39 is 10.0 Å². The van der Waals surface area contributed by atoms with Gasteiger partial charge in [-0.3, -0.25) is 4.79 Å². The molecular formula is C22H29N3O3S. The molecule has 2 aromatic rings. The number of rotatable bonds is 7. The number of amides is 1. The van der Waals surface area contributed by atoms with Gasteiger partial charge >= 0.3 is 0 Å². The summed E-state index contributed by atoms with van der Waals surface area (Å²) in [6, 6.07) is 16.2. The average molecular weight is 416 g/mol. The molecular weight excluding hydrogens is 386 g/mol. The predicted octanol–water partition coefficient (Wildman–Crippen LogP) is 3.72. The SMILES string of the molecule is CCN(C(=O)CNc1cccc(S(=O)(=O)N2CCCCCC2)c1)c1ccccc1. The maximum atomic E-state index is 13.0. The highest BCUT2D eigenvalue weighted by Crippen LogP contribution is 2.23. The van der Waals surface area contributed by atoms with Crippen LogP contribution in [0.25, 0.3) is 0 Å². The van der Waals surface area contributed by atoms with Crippen molar-refractivity contribution in [3.8, 4) is 0 Å². The minimum absolute atomic E-state index is 0.0699. The van der Waals surface area contributed by atoms with Crippen molar-refractivity contribution in [3.05, 3.63) is 54.6 Å². The van der Waals surface area contributed by atoms with Crippen molar-refractivity contribution in [2.75, 3.05) is 36.4 Å². The van der Waals surface area contributed by atoms with Crippen molar-refractivity contribution < 1.29 is 13.2 Å². The van der Waals surface area contributed by atoms with E-state index >= 15 is 0 Å². The molecule has 0 radical (unpaired) electrons. The molecule has 1 heterocycles. The second-order valence-electron chi connectivity index (χ2n) is 7.17. The molecule has 2 aromatic carbocycles. The quantitative estimate of drug-likeness (QED) is 0.748. The largest absolute Gasteiger partial charge is 0.376 e. The summed E-state index contributed by atoms with van der Waals surface area (Å²) in [6.45, 7) is 3.73. The summed E-state index contributed by atoms with van der Waals surface area (Å²) in [5, 5.41) is 3.08. The molecule has 1 fully saturated rings. The highest BCUT2D eigenvalue weighted by molar-refractivity contribution is 7.89. The number of anilines is 2. The highest BCUT2D eigenvalue weighted by atomic mass is 32.2. The van der Waals surface area contributed by atoms with Crippen LogP contribution in [0.15, 0.2) is 59.5 Å². The number of hydrogen-bond donors (Lipinski definition) is 1. The number of para-hydroxylation sites is 1. The Labute approximate surface area is 173 Å². The van der Waals surface area contributed by atoms with E-state index in [1.54, 1.807) is 33.5 Å². The van der Waals surface area contributed by atoms with Gasteiger partial charge in [0.2, 0.25) is 15.9 Å². The second-order valence-corrected chi connectivity index (χ2v) is 9.11. The van der Waals surface area contributed by atoms with Crippen LogP contribution in [0.4, 0.5) is 11.4 Å². The highest BCUT2D eigenvalue weighted by Gasteiger charge is 2.25. The standard InChI is InChI=1S/C22H29N3O3S/c1-2-25(20-12-6-5-7-13-20)22(26)18-23-19-11-10-14-21(17-19)29(27,28)24-15-8-3-4-9-16-24/h5-7,10-14,17,23H,2-4,8-9,15-16,18H2,1H3. The van der Waals surface area contributed by atoms with Gasteiger partial charge in [0.25, 0.3) is 0 Å². The molecule has 1 aliphatic heterocycles. The van der Waals surface area contributed by atoms with E-state index in [1.165, 1.54) is 0 Å². The van der Waals surface area contributed by atoms with E-state index in [2.05, 4.69) is 5.32 Å². The molecule has 0 aromatic heterocycles. The molecule has 0 aliphatic carbocycles. The lowest BCUT2D eigenvalue weighted by Crippen LogP contribution is -2.35. The molecule has 3 rings (SSSR count). The first-order valence-electron chi connectivity index (χ1n) is 10.2. The maximum absolute atomic E-state index is 13.0. The zero-order chi connectivity index (χ0) is 20.7. The van der Waals surface area contributed by atoms with Crippen LogP contribution in [-0.4, -0.2) is 44.8 Å². The molecule has 0 unspecified atom stereocenters. The fourth-order valence-electron chi connectivity index (χ4n) is 3.58. The van der Waals surface area contributed by atoms with E-state index in [0.29, 0.717) is 25.3 Å². The van der Waals surface area contributed by atoms with Crippen molar-refractivity contribution in [3.63, 3.8) is 0 Å². The third-order valence-corrected chi connectivity index (χ3v) is 7.06. The normalized spacial score (nSPS) is 15.5. The number of sulfonamides is 1. The van der Waals surface area contributed by atoms with Gasteiger partial charge in [-0.2, -0.15) is 4.31 Å². The molecule has 1 amide bonds. The van der Waals surface area contributed by atoms with Crippen LogP contribution in [0, 0.1) is 0 Å². The number of benzene rings is 2. The Bertz CT molecular complexity index is 908. The Morgan fingerprint density at radius 2 is 1.69 bits per heavy atom. The first-order valence-corrected chi connectivity index (χ1v) is 11.7. The maximum Gasteiger partial charge on any atom is 0.246 e. The van der Waals surface area contributed by atoms with E-state index in [-0.39, 0.29) is 17.3 Å². The van der Waals surface area contributed by atoms with Crippen LogP contribution >= 0.6 is 0 Å². The molecule has 7 heteroatoms. The van der Waals surface area contributed by atoms with Gasteiger partial charge in [-0.05, 0) is 50.1 Å². The number of carbonyl (C=O) groups excluding carboxylic acids is 1. The van der Waals surface area contributed by atoms with Crippen molar-refractivity contribution >= 4 is 27.3 Å². The summed E-state index contributed by atoms with van der Waals surface area (Å²) in [5.74, 6) is -0.0699. The Morgan fingerprint density at radius 1 is 1.00 bits per heavy atom. The van der Waals surface area contributed by atoms with Crippen LogP contribution in [0.2, 0.25) is 0 Å². The third-order valence-electron chi connectivity index (χ3n) is 5.17. The van der Waals surface area contributed by atoms with E-state index in [4.69, 9.17) is 0 Å². The lowest BCUT2D eigenvalue weighted by atomic mass is 10.2. The average Bonchev–Trinajstić information content (AvgIpc) is 3.04. The van der Waals surface area contributed by atoms with Gasteiger partial charge in [0, 0.05) is 31.0 Å². The van der Waals surface area contributed by atoms with Gasteiger partial charge in [-0.15, -0.1) is 0 Å². The van der Waals surface area contributed by atoms with Crippen molar-refractivity contribution in [2.45, 2.75) is 37.5 Å². The molecule has 1 saturated heterocycles. The van der Waals surface area contributed by atoms with E-state index in [1.807, 2.05) is 37.3 Å². The van der Waals surface area contributed by atoms with Gasteiger partial charge in [0.15, 0.2) is 0 Å². The van der Waals surface area contributed by atoms with E-state index in [9.17, 15) is 13.2 Å². The summed E-state index contributed by atoms with van der Waals surface area (Å²) in [7, 11) is -3.51. The van der Waals surface area contributed by atoms with E-state index in [0.717, 1.165) is 31.4 Å². The van der Waals surface area contributed by atoms with Gasteiger partial charge in [0.1, 0.15) is 0 Å². The van der Waals surface area contributed by atoms with Crippen molar-refractivity contribution in [2.24, 2.45) is 0 Å². The number of nitrogens with zero attached hydrogens (tertiary/aromatic N) is 2. The number of likely N-dealkylation sites (N-methyl/N-ethyl adjacent to an activating group) is 1. The molecule has 6 nitrogen and oxygen atoms in total. The Balaban J connectivity index is 1.69. The summed E-state index contributed by atoms with van der Waals surface area (Å²) in [6.07, 6.45) is 3.95. The summed E-state index contributed by atoms with van der Waals surface area (Å²) >= 11 is 0. The van der Waals surface area contributed by atoms with Crippen LogP contribution in [0.1, 0.15) is 32.6 Å². The first kappa shape index (κ1) is 21.3. The lowest BCUT2D eigenvalue weighted by Gasteiger charge is -2.22. The fraction of sp³-hybridized carbons (Fsp3) is 0.409. The summed E-state index contributed by atoms with van der Waals surface area (Å²) < 4.78 is 27.6. The number of nitrogens with one attached hydrogen (secondary N) is 1. The molecule has 0 spiro atoms. The van der Waals surface area contributed by atoms with Crippen LogP contribution < -0.4 is 10.2 Å². The van der Waals surface area contributed by atoms with Gasteiger partial charge in [-0.25, -0.2) is 8.42 Å². The topological polar surface area (TPSA) is 69.7 Å². The molecule has 0 atom stereocenters. The van der Waals surface area contributed by atoms with Crippen LogP contribution in [0.5, 0.6) is 0 Å². The monoisotopic (exact) mass is 415 g/mol. The lowest BCUT2D eigenvalue weighted by molar-refractivity contribution is -0.116. The van der Waals surface area contributed by atoms with Crippen LogP contribution in [-0.2, 0) is 14.8 Å². The summed E-state index contributed by atoms with van der Waals surface area (Å²) in [4.78, 5) is 14.6. The zero-order valence-corrected chi connectivity index (χ0v) is 17.7. The first-order chi connectivity index (χ1) is 14.0. The van der Waals surface area contributed by atoms with Gasteiger partial charge in [0.05, 0.1) is 11.4 Å². The summed E-state index contributed by atoms with van der Waals surface area (Å²) in [5.41, 5.74) is 1.47. The van der Waals surface area contributed by atoms with Crippen molar-refractivity contribution in [1.82, 2.24) is 4.31 Å². The molecule has 29 heavy (non-hydrogen) atoms. The zero-order valence-electron chi connectivity index (χ0n) is 16.9. The number of hydrogen-bond acceptors (Lipinski definition) is 4. The molecule has 1 N–H and O–H groups in total. The third kappa shape index (κ3) is 5.36. The minimum Gasteiger partial charge on any atom is -0.376 e.